The van der Waals surface area contributed by atoms with E-state index in [9.17, 15) is 4.79 Å². The highest BCUT2D eigenvalue weighted by atomic mass is 35.5. The van der Waals surface area contributed by atoms with Crippen molar-refractivity contribution in [3.8, 4) is 0 Å². The predicted octanol–water partition coefficient (Wildman–Crippen LogP) is 5.24. The van der Waals surface area contributed by atoms with Crippen molar-refractivity contribution in [1.82, 2.24) is 4.90 Å². The van der Waals surface area contributed by atoms with Crippen molar-refractivity contribution in [1.29, 1.82) is 0 Å². The fourth-order valence-electron chi connectivity index (χ4n) is 3.60. The Morgan fingerprint density at radius 3 is 2.42 bits per heavy atom. The number of amides is 1. The number of cyclic esters (lactones) is 1. The van der Waals surface area contributed by atoms with Crippen LogP contribution in [0.5, 0.6) is 0 Å². The van der Waals surface area contributed by atoms with Crippen molar-refractivity contribution in [3.05, 3.63) is 94.7 Å². The van der Waals surface area contributed by atoms with Crippen LogP contribution in [0.25, 0.3) is 0 Å². The first-order chi connectivity index (χ1) is 12.7. The fourth-order valence-corrected chi connectivity index (χ4v) is 3.92. The lowest BCUT2D eigenvalue weighted by Gasteiger charge is -2.27. The van der Waals surface area contributed by atoms with E-state index in [1.165, 1.54) is 11.1 Å². The molecule has 0 bridgehead atoms. The zero-order valence-electron chi connectivity index (χ0n) is 14.3. The predicted molar refractivity (Wildman–Crippen MR) is 103 cm³/mol. The van der Waals surface area contributed by atoms with Gasteiger partial charge in [0.1, 0.15) is 6.61 Å². The molecule has 0 radical (unpaired) electrons. The van der Waals surface area contributed by atoms with Gasteiger partial charge in [-0.1, -0.05) is 78.3 Å². The number of carbonyl (C=O) groups is 1. The van der Waals surface area contributed by atoms with Gasteiger partial charge in [0.25, 0.3) is 0 Å². The van der Waals surface area contributed by atoms with Crippen LogP contribution in [0, 0.1) is 0 Å². The maximum absolute atomic E-state index is 12.3. The molecular weight excluding hydrogens is 346 g/mol. The molecule has 1 saturated heterocycles. The number of hydrogen-bond acceptors (Lipinski definition) is 2. The minimum atomic E-state index is -0.318. The summed E-state index contributed by atoms with van der Waals surface area (Å²) in [5.41, 5.74) is 3.17. The standard InChI is InChI=1S/C22H20ClNO2/c23-20-14-18(17-9-5-2-6-10-17)11-12-21(20)24-19(15-26-22(24)25)13-16-7-3-1-4-8-16/h1-12,18-19H,13-15H2/t18-,19-/m1/s1. The van der Waals surface area contributed by atoms with Crippen molar-refractivity contribution in [3.63, 3.8) is 0 Å². The Labute approximate surface area is 158 Å². The molecule has 1 amide bonds. The Morgan fingerprint density at radius 2 is 1.73 bits per heavy atom. The van der Waals surface area contributed by atoms with Gasteiger partial charge >= 0.3 is 6.09 Å². The second-order valence-electron chi connectivity index (χ2n) is 6.66. The van der Waals surface area contributed by atoms with E-state index >= 15 is 0 Å². The highest BCUT2D eigenvalue weighted by Crippen LogP contribution is 2.36. The molecule has 2 aromatic carbocycles. The summed E-state index contributed by atoms with van der Waals surface area (Å²) in [4.78, 5) is 14.1. The lowest BCUT2D eigenvalue weighted by molar-refractivity contribution is 0.164. The summed E-state index contributed by atoms with van der Waals surface area (Å²) in [6.07, 6.45) is 5.22. The average Bonchev–Trinajstić information content (AvgIpc) is 3.03. The van der Waals surface area contributed by atoms with Gasteiger partial charge in [0, 0.05) is 11.0 Å². The molecule has 4 rings (SSSR count). The lowest BCUT2D eigenvalue weighted by Crippen LogP contribution is -2.35. The molecule has 0 saturated carbocycles. The van der Waals surface area contributed by atoms with E-state index in [0.29, 0.717) is 18.1 Å². The van der Waals surface area contributed by atoms with Gasteiger partial charge in [0.05, 0.1) is 11.7 Å². The third-order valence-corrected chi connectivity index (χ3v) is 5.27. The number of hydrogen-bond donors (Lipinski definition) is 0. The molecule has 1 aliphatic carbocycles. The first kappa shape index (κ1) is 16.9. The van der Waals surface area contributed by atoms with E-state index in [1.54, 1.807) is 4.90 Å². The summed E-state index contributed by atoms with van der Waals surface area (Å²) in [5, 5.41) is 0.707. The summed E-state index contributed by atoms with van der Waals surface area (Å²) in [5.74, 6) is 0.235. The summed E-state index contributed by atoms with van der Waals surface area (Å²) in [6.45, 7) is 0.386. The lowest BCUT2D eigenvalue weighted by atomic mass is 9.91. The molecule has 0 aromatic heterocycles. The average molecular weight is 366 g/mol. The number of benzene rings is 2. The fraction of sp³-hybridized carbons (Fsp3) is 0.227. The van der Waals surface area contributed by atoms with Gasteiger partial charge in [-0.05, 0) is 30.0 Å². The number of ether oxygens (including phenoxy) is 1. The molecule has 4 heteroatoms. The number of carbonyl (C=O) groups excluding carboxylic acids is 1. The van der Waals surface area contributed by atoms with Crippen LogP contribution in [-0.2, 0) is 11.2 Å². The SMILES string of the molecule is O=C1OC[C@@H](Cc2ccccc2)N1C1=C(Cl)C[C@H](c2ccccc2)C=C1. The van der Waals surface area contributed by atoms with Crippen molar-refractivity contribution < 1.29 is 9.53 Å². The van der Waals surface area contributed by atoms with Crippen molar-refractivity contribution in [2.24, 2.45) is 0 Å². The first-order valence-electron chi connectivity index (χ1n) is 8.84. The number of halogens is 1. The van der Waals surface area contributed by atoms with Crippen LogP contribution in [0.2, 0.25) is 0 Å². The zero-order chi connectivity index (χ0) is 17.9. The highest BCUT2D eigenvalue weighted by Gasteiger charge is 2.37. The maximum atomic E-state index is 12.3. The Hall–Kier alpha value is -2.52. The smallest absolute Gasteiger partial charge is 0.414 e. The largest absolute Gasteiger partial charge is 0.447 e. The molecule has 0 unspecified atom stereocenters. The molecule has 132 valence electrons. The van der Waals surface area contributed by atoms with Crippen molar-refractivity contribution in [2.45, 2.75) is 24.8 Å². The molecule has 1 aliphatic heterocycles. The Morgan fingerprint density at radius 1 is 1.04 bits per heavy atom. The van der Waals surface area contributed by atoms with Crippen LogP contribution in [0.1, 0.15) is 23.5 Å². The van der Waals surface area contributed by atoms with Gasteiger partial charge in [-0.2, -0.15) is 0 Å². The maximum Gasteiger partial charge on any atom is 0.414 e. The van der Waals surface area contributed by atoms with Gasteiger partial charge in [-0.3, -0.25) is 4.90 Å². The first-order valence-corrected chi connectivity index (χ1v) is 9.22. The Bertz CT molecular complexity index is 845. The molecule has 2 aromatic rings. The molecule has 2 aliphatic rings. The van der Waals surface area contributed by atoms with E-state index in [2.05, 4.69) is 30.3 Å². The molecule has 3 nitrogen and oxygen atoms in total. The third kappa shape index (κ3) is 3.40. The summed E-state index contributed by atoms with van der Waals surface area (Å²) < 4.78 is 5.32. The molecule has 1 fully saturated rings. The van der Waals surface area contributed by atoms with E-state index < -0.39 is 0 Å². The highest BCUT2D eigenvalue weighted by molar-refractivity contribution is 6.30. The monoisotopic (exact) mass is 365 g/mol. The van der Waals surface area contributed by atoms with Crippen LogP contribution in [0.4, 0.5) is 4.79 Å². The molecule has 26 heavy (non-hydrogen) atoms. The van der Waals surface area contributed by atoms with Crippen LogP contribution in [-0.4, -0.2) is 23.6 Å². The third-order valence-electron chi connectivity index (χ3n) is 4.93. The van der Waals surface area contributed by atoms with Crippen LogP contribution in [0.15, 0.2) is 83.5 Å². The number of rotatable bonds is 4. The number of nitrogens with zero attached hydrogens (tertiary/aromatic N) is 1. The Balaban J connectivity index is 1.55. The van der Waals surface area contributed by atoms with Gasteiger partial charge in [0.2, 0.25) is 0 Å². The van der Waals surface area contributed by atoms with Crippen molar-refractivity contribution in [2.75, 3.05) is 6.61 Å². The summed E-state index contributed by atoms with van der Waals surface area (Å²) >= 11 is 6.62. The molecule has 0 spiro atoms. The van der Waals surface area contributed by atoms with E-state index in [-0.39, 0.29) is 18.1 Å². The minimum absolute atomic E-state index is 0.0356. The molecular formula is C22H20ClNO2. The normalized spacial score (nSPS) is 22.7. The van der Waals surface area contributed by atoms with E-state index in [0.717, 1.165) is 12.1 Å². The Kier molecular flexibility index (Phi) is 4.81. The zero-order valence-corrected chi connectivity index (χ0v) is 15.1. The van der Waals surface area contributed by atoms with Crippen LogP contribution < -0.4 is 0 Å². The second kappa shape index (κ2) is 7.38. The van der Waals surface area contributed by atoms with Gasteiger partial charge in [-0.15, -0.1) is 0 Å². The topological polar surface area (TPSA) is 29.5 Å². The van der Waals surface area contributed by atoms with E-state index in [1.807, 2.05) is 42.5 Å². The van der Waals surface area contributed by atoms with Crippen LogP contribution >= 0.6 is 11.6 Å². The van der Waals surface area contributed by atoms with Gasteiger partial charge in [-0.25, -0.2) is 4.79 Å². The quantitative estimate of drug-likeness (QED) is 0.741. The van der Waals surface area contributed by atoms with Crippen LogP contribution in [0.3, 0.4) is 0 Å². The molecule has 1 heterocycles. The van der Waals surface area contributed by atoms with E-state index in [4.69, 9.17) is 16.3 Å². The minimum Gasteiger partial charge on any atom is -0.447 e. The molecule has 0 N–H and O–H groups in total. The van der Waals surface area contributed by atoms with Gasteiger partial charge in [0.15, 0.2) is 0 Å². The van der Waals surface area contributed by atoms with Crippen molar-refractivity contribution >= 4 is 17.7 Å². The number of allylic oxidation sites excluding steroid dienone is 3. The second-order valence-corrected chi connectivity index (χ2v) is 7.12. The molecule has 2 atom stereocenters. The summed E-state index contributed by atoms with van der Waals surface area (Å²) in [6, 6.07) is 20.4. The van der Waals surface area contributed by atoms with Gasteiger partial charge < -0.3 is 4.74 Å². The summed E-state index contributed by atoms with van der Waals surface area (Å²) in [7, 11) is 0.